The highest BCUT2D eigenvalue weighted by Crippen LogP contribution is 2.19. The molecule has 1 aliphatic heterocycles. The normalized spacial score (nSPS) is 17.0. The van der Waals surface area contributed by atoms with Crippen LogP contribution >= 0.6 is 0 Å². The first kappa shape index (κ1) is 19.9. The number of nitrogens with zero attached hydrogens (tertiary/aromatic N) is 2. The number of benzene rings is 2. The maximum atomic E-state index is 10.4. The lowest BCUT2D eigenvalue weighted by atomic mass is 10.1. The molecule has 0 radical (unpaired) electrons. The van der Waals surface area contributed by atoms with Crippen molar-refractivity contribution < 1.29 is 9.84 Å². The summed E-state index contributed by atoms with van der Waals surface area (Å²) in [6.07, 6.45) is 0.647. The van der Waals surface area contributed by atoms with E-state index in [1.165, 1.54) is 11.1 Å². The fraction of sp³-hybridized carbons (Fsp3) is 0.478. The summed E-state index contributed by atoms with van der Waals surface area (Å²) < 4.78 is 5.84. The van der Waals surface area contributed by atoms with Crippen molar-refractivity contribution in [2.45, 2.75) is 26.4 Å². The largest absolute Gasteiger partial charge is 0.491 e. The molecule has 1 saturated heterocycles. The van der Waals surface area contributed by atoms with Crippen LogP contribution in [-0.2, 0) is 6.42 Å². The molecule has 0 spiro atoms. The first-order valence-corrected chi connectivity index (χ1v) is 9.97. The molecular formula is C23H32N2O2. The quantitative estimate of drug-likeness (QED) is 0.777. The molecule has 2 aromatic rings. The van der Waals surface area contributed by atoms with Gasteiger partial charge in [-0.1, -0.05) is 42.5 Å². The molecule has 0 bridgehead atoms. The summed E-state index contributed by atoms with van der Waals surface area (Å²) in [4.78, 5) is 4.86. The third kappa shape index (κ3) is 6.35. The molecule has 4 nitrogen and oxygen atoms in total. The highest BCUT2D eigenvalue weighted by molar-refractivity contribution is 5.35. The zero-order chi connectivity index (χ0) is 19.1. The molecule has 1 atom stereocenters. The van der Waals surface area contributed by atoms with Gasteiger partial charge in [-0.3, -0.25) is 4.90 Å². The van der Waals surface area contributed by atoms with Gasteiger partial charge in [-0.25, -0.2) is 0 Å². The van der Waals surface area contributed by atoms with Gasteiger partial charge in [0.05, 0.1) is 0 Å². The number of hydrogen-bond donors (Lipinski definition) is 1. The minimum Gasteiger partial charge on any atom is -0.491 e. The van der Waals surface area contributed by atoms with Crippen LogP contribution in [-0.4, -0.2) is 66.9 Å². The van der Waals surface area contributed by atoms with Gasteiger partial charge in [-0.2, -0.15) is 0 Å². The standard InChI is InChI=1S/C23H32N2O2/c1-19-8-9-20(2)23(16-19)27-18-22(26)17-25-14-12-24(13-15-25)11-10-21-6-4-3-5-7-21/h3-9,16,22,26H,10-15,17-18H2,1-2H3. The van der Waals surface area contributed by atoms with Crippen molar-refractivity contribution in [2.24, 2.45) is 0 Å². The van der Waals surface area contributed by atoms with Crippen molar-refractivity contribution in [3.8, 4) is 5.75 Å². The van der Waals surface area contributed by atoms with E-state index < -0.39 is 6.10 Å². The topological polar surface area (TPSA) is 35.9 Å². The van der Waals surface area contributed by atoms with Crippen molar-refractivity contribution in [1.29, 1.82) is 0 Å². The second-order valence-electron chi connectivity index (χ2n) is 7.61. The van der Waals surface area contributed by atoms with Crippen molar-refractivity contribution in [3.63, 3.8) is 0 Å². The van der Waals surface area contributed by atoms with Crippen LogP contribution in [0.5, 0.6) is 5.75 Å². The zero-order valence-electron chi connectivity index (χ0n) is 16.6. The van der Waals surface area contributed by atoms with Crippen molar-refractivity contribution in [2.75, 3.05) is 45.9 Å². The minimum absolute atomic E-state index is 0.346. The molecule has 4 heteroatoms. The van der Waals surface area contributed by atoms with E-state index in [0.29, 0.717) is 13.2 Å². The Kier molecular flexibility index (Phi) is 7.27. The van der Waals surface area contributed by atoms with Gasteiger partial charge in [0.25, 0.3) is 0 Å². The van der Waals surface area contributed by atoms with Gasteiger partial charge in [-0.05, 0) is 43.0 Å². The van der Waals surface area contributed by atoms with Gasteiger partial charge >= 0.3 is 0 Å². The number of aliphatic hydroxyl groups excluding tert-OH is 1. The second kappa shape index (κ2) is 9.88. The maximum absolute atomic E-state index is 10.4. The predicted octanol–water partition coefficient (Wildman–Crippen LogP) is 2.90. The Morgan fingerprint density at radius 1 is 0.963 bits per heavy atom. The minimum atomic E-state index is -0.458. The third-order valence-electron chi connectivity index (χ3n) is 5.27. The maximum Gasteiger partial charge on any atom is 0.122 e. The molecule has 0 saturated carbocycles. The van der Waals surface area contributed by atoms with Crippen LogP contribution in [0.3, 0.4) is 0 Å². The van der Waals surface area contributed by atoms with Crippen LogP contribution in [0.25, 0.3) is 0 Å². The van der Waals surface area contributed by atoms with Gasteiger partial charge in [0, 0.05) is 39.3 Å². The summed E-state index contributed by atoms with van der Waals surface area (Å²) in [7, 11) is 0. The van der Waals surface area contributed by atoms with Gasteiger partial charge in [0.2, 0.25) is 0 Å². The smallest absolute Gasteiger partial charge is 0.122 e. The first-order valence-electron chi connectivity index (χ1n) is 9.97. The molecule has 0 aromatic heterocycles. The zero-order valence-corrected chi connectivity index (χ0v) is 16.6. The molecule has 1 fully saturated rings. The van der Waals surface area contributed by atoms with Crippen LogP contribution in [0.15, 0.2) is 48.5 Å². The summed E-state index contributed by atoms with van der Waals surface area (Å²) >= 11 is 0. The van der Waals surface area contributed by atoms with Crippen LogP contribution in [0, 0.1) is 13.8 Å². The van der Waals surface area contributed by atoms with Crippen LogP contribution in [0.1, 0.15) is 16.7 Å². The van der Waals surface area contributed by atoms with Gasteiger partial charge in [0.15, 0.2) is 0 Å². The van der Waals surface area contributed by atoms with E-state index in [4.69, 9.17) is 4.74 Å². The molecule has 1 heterocycles. The molecule has 27 heavy (non-hydrogen) atoms. The van der Waals surface area contributed by atoms with E-state index in [1.54, 1.807) is 0 Å². The fourth-order valence-electron chi connectivity index (χ4n) is 3.53. The average molecular weight is 369 g/mol. The predicted molar refractivity (Wildman–Crippen MR) is 110 cm³/mol. The van der Waals surface area contributed by atoms with Gasteiger partial charge in [-0.15, -0.1) is 0 Å². The fourth-order valence-corrected chi connectivity index (χ4v) is 3.53. The summed E-state index contributed by atoms with van der Waals surface area (Å²) in [5.41, 5.74) is 3.69. The summed E-state index contributed by atoms with van der Waals surface area (Å²) in [6.45, 7) is 10.4. The molecule has 1 aliphatic rings. The SMILES string of the molecule is Cc1ccc(C)c(OCC(O)CN2CCN(CCc3ccccc3)CC2)c1. The molecule has 146 valence electrons. The van der Waals surface area contributed by atoms with Crippen LogP contribution < -0.4 is 4.74 Å². The second-order valence-corrected chi connectivity index (χ2v) is 7.61. The van der Waals surface area contributed by atoms with E-state index in [9.17, 15) is 5.11 Å². The summed E-state index contributed by atoms with van der Waals surface area (Å²) in [5.74, 6) is 0.875. The van der Waals surface area contributed by atoms with Gasteiger partial charge < -0.3 is 14.7 Å². The molecule has 0 amide bonds. The molecule has 3 rings (SSSR count). The monoisotopic (exact) mass is 368 g/mol. The highest BCUT2D eigenvalue weighted by atomic mass is 16.5. The molecule has 1 N–H and O–H groups in total. The molecule has 0 aliphatic carbocycles. The highest BCUT2D eigenvalue weighted by Gasteiger charge is 2.19. The average Bonchev–Trinajstić information content (AvgIpc) is 2.69. The Morgan fingerprint density at radius 3 is 2.41 bits per heavy atom. The Morgan fingerprint density at radius 2 is 1.67 bits per heavy atom. The number of aryl methyl sites for hydroxylation is 2. The van der Waals surface area contributed by atoms with E-state index in [2.05, 4.69) is 59.2 Å². The van der Waals surface area contributed by atoms with Crippen LogP contribution in [0.2, 0.25) is 0 Å². The van der Waals surface area contributed by atoms with E-state index in [0.717, 1.165) is 50.5 Å². The van der Waals surface area contributed by atoms with Crippen molar-refractivity contribution in [3.05, 3.63) is 65.2 Å². The Bertz CT molecular complexity index is 697. The number of hydrogen-bond acceptors (Lipinski definition) is 4. The number of rotatable bonds is 8. The van der Waals surface area contributed by atoms with Crippen molar-refractivity contribution in [1.82, 2.24) is 9.80 Å². The van der Waals surface area contributed by atoms with Crippen LogP contribution in [0.4, 0.5) is 0 Å². The van der Waals surface area contributed by atoms with E-state index in [1.807, 2.05) is 13.0 Å². The lowest BCUT2D eigenvalue weighted by Crippen LogP contribution is -2.49. The van der Waals surface area contributed by atoms with E-state index in [-0.39, 0.29) is 0 Å². The molecular weight excluding hydrogens is 336 g/mol. The lowest BCUT2D eigenvalue weighted by Gasteiger charge is -2.35. The Balaban J connectivity index is 1.35. The Hall–Kier alpha value is -1.88. The number of β-amino-alcohol motifs (C(OH)–C–C–N with tert-alkyl or cyclic N) is 1. The Labute approximate surface area is 163 Å². The third-order valence-corrected chi connectivity index (χ3v) is 5.27. The van der Waals surface area contributed by atoms with Crippen molar-refractivity contribution >= 4 is 0 Å². The lowest BCUT2D eigenvalue weighted by molar-refractivity contribution is 0.0461. The summed E-state index contributed by atoms with van der Waals surface area (Å²) in [5, 5.41) is 10.4. The molecule has 1 unspecified atom stereocenters. The molecule has 2 aromatic carbocycles. The number of aliphatic hydroxyl groups is 1. The number of piperazine rings is 1. The van der Waals surface area contributed by atoms with Gasteiger partial charge in [0.1, 0.15) is 18.5 Å². The van der Waals surface area contributed by atoms with E-state index >= 15 is 0 Å². The summed E-state index contributed by atoms with van der Waals surface area (Å²) in [6, 6.07) is 16.8. The first-order chi connectivity index (χ1) is 13.1. The number of ether oxygens (including phenoxy) is 1.